The molecule has 2 aromatic rings. The number of benzene rings is 1. The highest BCUT2D eigenvalue weighted by atomic mass is 16.5. The van der Waals surface area contributed by atoms with Crippen LogP contribution in [0.1, 0.15) is 45.1 Å². The summed E-state index contributed by atoms with van der Waals surface area (Å²) in [4.78, 5) is 2.01. The molecule has 2 heterocycles. The number of hydrogen-bond acceptors (Lipinski definition) is 6. The highest BCUT2D eigenvalue weighted by Crippen LogP contribution is 2.59. The molecule has 3 aliphatic carbocycles. The van der Waals surface area contributed by atoms with Crippen molar-refractivity contribution in [2.75, 3.05) is 14.1 Å². The van der Waals surface area contributed by atoms with E-state index in [4.69, 9.17) is 4.74 Å². The summed E-state index contributed by atoms with van der Waals surface area (Å²) in [6.07, 6.45) is 12.1. The number of allylic oxidation sites excluding steroid dienone is 3. The predicted molar refractivity (Wildman–Crippen MR) is 137 cm³/mol. The molecular weight excluding hydrogens is 438 g/mol. The van der Waals surface area contributed by atoms with Gasteiger partial charge in [0.05, 0.1) is 30.2 Å². The van der Waals surface area contributed by atoms with E-state index in [1.807, 2.05) is 31.4 Å². The molecule has 2 N–H and O–H groups in total. The number of fused-ring (bicyclic) bond motifs is 5. The van der Waals surface area contributed by atoms with Gasteiger partial charge in [0, 0.05) is 28.1 Å². The second-order valence-corrected chi connectivity index (χ2v) is 11.3. The van der Waals surface area contributed by atoms with Crippen LogP contribution in [0.2, 0.25) is 0 Å². The van der Waals surface area contributed by atoms with Gasteiger partial charge in [0.15, 0.2) is 0 Å². The van der Waals surface area contributed by atoms with Gasteiger partial charge in [-0.2, -0.15) is 10.2 Å². The molecule has 7 atom stereocenters. The van der Waals surface area contributed by atoms with Gasteiger partial charge in [-0.15, -0.1) is 0 Å². The third-order valence-electron chi connectivity index (χ3n) is 9.33. The number of ether oxygens (including phenoxy) is 1. The molecule has 0 spiro atoms. The van der Waals surface area contributed by atoms with Gasteiger partial charge in [0.25, 0.3) is 0 Å². The molecule has 35 heavy (non-hydrogen) atoms. The van der Waals surface area contributed by atoms with E-state index in [9.17, 15) is 10.2 Å². The maximum absolute atomic E-state index is 11.1. The third-order valence-corrected chi connectivity index (χ3v) is 9.33. The maximum Gasteiger partial charge on any atom is 0.105 e. The monoisotopic (exact) mass is 473 g/mol. The minimum absolute atomic E-state index is 0.0252. The molecular formula is C29H35N3O3. The van der Waals surface area contributed by atoms with Crippen LogP contribution in [-0.2, 0) is 4.74 Å². The van der Waals surface area contributed by atoms with E-state index in [2.05, 4.69) is 60.5 Å². The summed E-state index contributed by atoms with van der Waals surface area (Å²) in [5, 5.41) is 32.3. The van der Waals surface area contributed by atoms with Crippen molar-refractivity contribution >= 4 is 16.3 Å². The third kappa shape index (κ3) is 3.30. The average Bonchev–Trinajstić information content (AvgIpc) is 3.22. The SMILES string of the molecule is CCC12CC(N(C)C)C(O)C(O)C1=CC1=CCC3(C)C(c4ccc5cnncc5c4)=CCC3C1O2. The Balaban J connectivity index is 1.38. The van der Waals surface area contributed by atoms with Crippen molar-refractivity contribution in [3.05, 3.63) is 65.5 Å². The molecule has 1 fully saturated rings. The van der Waals surface area contributed by atoms with E-state index in [1.165, 1.54) is 11.1 Å². The molecule has 0 bridgehead atoms. The van der Waals surface area contributed by atoms with Gasteiger partial charge in [-0.3, -0.25) is 0 Å². The van der Waals surface area contributed by atoms with Gasteiger partial charge in [-0.1, -0.05) is 44.2 Å². The molecule has 6 heteroatoms. The normalized spacial score (nSPS) is 38.4. The Hall–Kier alpha value is -2.38. The van der Waals surface area contributed by atoms with Gasteiger partial charge in [-0.05, 0) is 68.1 Å². The molecule has 0 amide bonds. The Morgan fingerprint density at radius 2 is 1.89 bits per heavy atom. The van der Waals surface area contributed by atoms with E-state index < -0.39 is 17.8 Å². The number of hydrogen-bond donors (Lipinski definition) is 2. The molecule has 0 radical (unpaired) electrons. The van der Waals surface area contributed by atoms with Crippen molar-refractivity contribution in [3.63, 3.8) is 0 Å². The lowest BCUT2D eigenvalue weighted by molar-refractivity contribution is -0.157. The van der Waals surface area contributed by atoms with Crippen LogP contribution in [0.15, 0.2) is 60.0 Å². The minimum atomic E-state index is -0.913. The average molecular weight is 474 g/mol. The number of aliphatic hydroxyl groups excluding tert-OH is 2. The van der Waals surface area contributed by atoms with Crippen LogP contribution in [0.4, 0.5) is 0 Å². The second kappa shape index (κ2) is 8.07. The highest BCUT2D eigenvalue weighted by molar-refractivity contribution is 5.86. The molecule has 6 rings (SSSR count). The molecule has 184 valence electrons. The van der Waals surface area contributed by atoms with E-state index in [0.717, 1.165) is 41.2 Å². The summed E-state index contributed by atoms with van der Waals surface area (Å²) in [6, 6.07) is 6.42. The lowest BCUT2D eigenvalue weighted by Crippen LogP contribution is -2.62. The zero-order valence-corrected chi connectivity index (χ0v) is 21.0. The van der Waals surface area contributed by atoms with Gasteiger partial charge < -0.3 is 19.8 Å². The summed E-state index contributed by atoms with van der Waals surface area (Å²) >= 11 is 0. The first-order valence-electron chi connectivity index (χ1n) is 12.8. The van der Waals surface area contributed by atoms with Gasteiger partial charge in [0.2, 0.25) is 0 Å². The first-order valence-corrected chi connectivity index (χ1v) is 12.8. The van der Waals surface area contributed by atoms with Gasteiger partial charge >= 0.3 is 0 Å². The van der Waals surface area contributed by atoms with Crippen molar-refractivity contribution in [1.82, 2.24) is 15.1 Å². The second-order valence-electron chi connectivity index (χ2n) is 11.3. The topological polar surface area (TPSA) is 78.7 Å². The van der Waals surface area contributed by atoms with Crippen LogP contribution < -0.4 is 0 Å². The van der Waals surface area contributed by atoms with Crippen molar-refractivity contribution in [2.24, 2.45) is 11.3 Å². The zero-order chi connectivity index (χ0) is 24.5. The molecule has 4 aliphatic rings. The summed E-state index contributed by atoms with van der Waals surface area (Å²) in [7, 11) is 3.93. The standard InChI is InChI=1S/C29H35N3O3/c1-5-29-14-24(32(3)4)26(34)25(33)23(29)13-18-10-11-28(2)21(8-9-22(28)27(18)35-29)17-6-7-19-15-30-31-16-20(19)12-17/h6-8,10,12-13,15-16,22,24-27,33-34H,5,9,11,14H2,1-4H3. The Morgan fingerprint density at radius 1 is 1.11 bits per heavy atom. The number of aromatic nitrogens is 2. The van der Waals surface area contributed by atoms with Crippen molar-refractivity contribution < 1.29 is 14.9 Å². The molecule has 1 saturated carbocycles. The van der Waals surface area contributed by atoms with Crippen LogP contribution in [0.5, 0.6) is 0 Å². The van der Waals surface area contributed by atoms with Crippen LogP contribution >= 0.6 is 0 Å². The minimum Gasteiger partial charge on any atom is -0.388 e. The van der Waals surface area contributed by atoms with Gasteiger partial charge in [-0.25, -0.2) is 0 Å². The number of likely N-dealkylation sites (N-methyl/N-ethyl adjacent to an activating group) is 1. The first kappa shape index (κ1) is 23.0. The smallest absolute Gasteiger partial charge is 0.105 e. The Morgan fingerprint density at radius 3 is 2.63 bits per heavy atom. The summed E-state index contributed by atoms with van der Waals surface area (Å²) in [5.74, 6) is 0.326. The summed E-state index contributed by atoms with van der Waals surface area (Å²) < 4.78 is 7.08. The van der Waals surface area contributed by atoms with E-state index in [-0.39, 0.29) is 17.6 Å². The van der Waals surface area contributed by atoms with Crippen LogP contribution in [0.3, 0.4) is 0 Å². The largest absolute Gasteiger partial charge is 0.388 e. The van der Waals surface area contributed by atoms with Crippen LogP contribution in [0, 0.1) is 11.3 Å². The molecule has 7 unspecified atom stereocenters. The Kier molecular flexibility index (Phi) is 5.31. The fourth-order valence-corrected chi connectivity index (χ4v) is 7.15. The van der Waals surface area contributed by atoms with E-state index in [1.54, 1.807) is 0 Å². The van der Waals surface area contributed by atoms with E-state index in [0.29, 0.717) is 12.3 Å². The Labute approximate surface area is 207 Å². The maximum atomic E-state index is 11.1. The molecule has 1 aliphatic heterocycles. The van der Waals surface area contributed by atoms with Crippen LogP contribution in [0.25, 0.3) is 16.3 Å². The Bertz CT molecular complexity index is 1270. The molecule has 0 saturated heterocycles. The van der Waals surface area contributed by atoms with Gasteiger partial charge in [0.1, 0.15) is 6.10 Å². The van der Waals surface area contributed by atoms with E-state index >= 15 is 0 Å². The summed E-state index contributed by atoms with van der Waals surface area (Å²) in [6.45, 7) is 4.51. The highest BCUT2D eigenvalue weighted by Gasteiger charge is 2.57. The number of rotatable bonds is 3. The quantitative estimate of drug-likeness (QED) is 0.704. The molecule has 1 aromatic heterocycles. The van der Waals surface area contributed by atoms with Crippen LogP contribution in [-0.4, -0.2) is 69.4 Å². The van der Waals surface area contributed by atoms with Crippen molar-refractivity contribution in [1.29, 1.82) is 0 Å². The lowest BCUT2D eigenvalue weighted by Gasteiger charge is -2.55. The summed E-state index contributed by atoms with van der Waals surface area (Å²) in [5.41, 5.74) is 4.04. The number of aliphatic hydroxyl groups is 2. The lowest BCUT2D eigenvalue weighted by atomic mass is 9.62. The molecule has 1 aromatic carbocycles. The fourth-order valence-electron chi connectivity index (χ4n) is 7.15. The van der Waals surface area contributed by atoms with Crippen molar-refractivity contribution in [3.8, 4) is 0 Å². The first-order chi connectivity index (χ1) is 16.8. The predicted octanol–water partition coefficient (Wildman–Crippen LogP) is 3.90. The zero-order valence-electron chi connectivity index (χ0n) is 21.0. The molecule has 6 nitrogen and oxygen atoms in total. The fraction of sp³-hybridized carbons (Fsp3) is 0.517. The number of nitrogens with zero attached hydrogens (tertiary/aromatic N) is 3. The van der Waals surface area contributed by atoms with Crippen molar-refractivity contribution in [2.45, 2.75) is 69.5 Å².